The molecule has 1 unspecified atom stereocenters. The van der Waals surface area contributed by atoms with Crippen LogP contribution in [0.5, 0.6) is 0 Å². The van der Waals surface area contributed by atoms with Crippen LogP contribution in [0.3, 0.4) is 0 Å². The van der Waals surface area contributed by atoms with E-state index >= 15 is 0 Å². The highest BCUT2D eigenvalue weighted by atomic mass is 15.2. The zero-order valence-corrected chi connectivity index (χ0v) is 9.80. The van der Waals surface area contributed by atoms with Gasteiger partial charge in [0.15, 0.2) is 0 Å². The lowest BCUT2D eigenvalue weighted by Gasteiger charge is -2.25. The molecule has 1 aliphatic carbocycles. The van der Waals surface area contributed by atoms with Gasteiger partial charge in [-0.2, -0.15) is 0 Å². The van der Waals surface area contributed by atoms with E-state index in [1.807, 2.05) is 0 Å². The number of aromatic nitrogens is 2. The fourth-order valence-corrected chi connectivity index (χ4v) is 3.28. The predicted molar refractivity (Wildman–Crippen MR) is 61.4 cm³/mol. The van der Waals surface area contributed by atoms with E-state index in [4.69, 9.17) is 4.98 Å². The molecule has 1 aromatic rings. The summed E-state index contributed by atoms with van der Waals surface area (Å²) in [6.45, 7) is 9.20. The number of fused-ring (bicyclic) bond motifs is 3. The molecule has 1 aromatic heterocycles. The highest BCUT2D eigenvalue weighted by molar-refractivity contribution is 5.43. The van der Waals surface area contributed by atoms with Crippen LogP contribution in [0.25, 0.3) is 0 Å². The van der Waals surface area contributed by atoms with E-state index < -0.39 is 0 Å². The third-order valence-corrected chi connectivity index (χ3v) is 3.76. The van der Waals surface area contributed by atoms with Gasteiger partial charge in [-0.25, -0.2) is 4.98 Å². The summed E-state index contributed by atoms with van der Waals surface area (Å²) >= 11 is 0. The van der Waals surface area contributed by atoms with Crippen molar-refractivity contribution in [2.75, 3.05) is 11.9 Å². The first kappa shape index (κ1) is 9.25. The molecule has 15 heavy (non-hydrogen) atoms. The zero-order valence-electron chi connectivity index (χ0n) is 9.80. The van der Waals surface area contributed by atoms with E-state index in [0.29, 0.717) is 11.3 Å². The van der Waals surface area contributed by atoms with Crippen molar-refractivity contribution in [2.24, 2.45) is 0 Å². The minimum Gasteiger partial charge on any atom is -0.356 e. The van der Waals surface area contributed by atoms with Crippen LogP contribution in [0.2, 0.25) is 0 Å². The van der Waals surface area contributed by atoms with Gasteiger partial charge < -0.3 is 9.88 Å². The van der Waals surface area contributed by atoms with E-state index in [2.05, 4.69) is 30.7 Å². The molecule has 0 bridgehead atoms. The van der Waals surface area contributed by atoms with E-state index in [1.165, 1.54) is 24.2 Å². The van der Waals surface area contributed by atoms with Crippen LogP contribution in [0.4, 0.5) is 5.95 Å². The molecule has 0 radical (unpaired) electrons. The SMILES string of the molecule is CC1CC(C)(C)c2c1nc1n2CCCN1. The third-order valence-electron chi connectivity index (χ3n) is 3.76. The molecule has 2 aliphatic rings. The van der Waals surface area contributed by atoms with E-state index in [0.717, 1.165) is 19.0 Å². The Morgan fingerprint density at radius 2 is 2.27 bits per heavy atom. The number of hydrogen-bond donors (Lipinski definition) is 1. The molecule has 3 nitrogen and oxygen atoms in total. The highest BCUT2D eigenvalue weighted by Crippen LogP contribution is 2.46. The Balaban J connectivity index is 2.19. The van der Waals surface area contributed by atoms with Gasteiger partial charge in [-0.3, -0.25) is 0 Å². The molecule has 0 amide bonds. The Labute approximate surface area is 90.9 Å². The van der Waals surface area contributed by atoms with Crippen molar-refractivity contribution >= 4 is 5.95 Å². The summed E-state index contributed by atoms with van der Waals surface area (Å²) in [6.07, 6.45) is 2.46. The molecular weight excluding hydrogens is 186 g/mol. The minimum atomic E-state index is 0.305. The average Bonchev–Trinajstić information content (AvgIpc) is 2.64. The van der Waals surface area contributed by atoms with Crippen molar-refractivity contribution in [3.8, 4) is 0 Å². The third kappa shape index (κ3) is 1.15. The molecule has 3 rings (SSSR count). The van der Waals surface area contributed by atoms with E-state index in [1.54, 1.807) is 0 Å². The standard InChI is InChI=1S/C12H19N3/c1-8-7-12(2,3)10-9(8)14-11-13-5-4-6-15(10)11/h8H,4-7H2,1-3H3,(H,13,14). The second-order valence-corrected chi connectivity index (χ2v) is 5.59. The first-order valence-corrected chi connectivity index (χ1v) is 5.94. The van der Waals surface area contributed by atoms with Crippen LogP contribution in [-0.2, 0) is 12.0 Å². The second kappa shape index (κ2) is 2.77. The maximum atomic E-state index is 4.76. The largest absolute Gasteiger partial charge is 0.356 e. The summed E-state index contributed by atoms with van der Waals surface area (Å²) in [4.78, 5) is 4.76. The van der Waals surface area contributed by atoms with Crippen molar-refractivity contribution in [2.45, 2.75) is 51.5 Å². The number of nitrogens with zero attached hydrogens (tertiary/aromatic N) is 2. The zero-order chi connectivity index (χ0) is 10.6. The summed E-state index contributed by atoms with van der Waals surface area (Å²) in [5.74, 6) is 1.72. The first-order valence-electron chi connectivity index (χ1n) is 5.94. The molecule has 0 aromatic carbocycles. The van der Waals surface area contributed by atoms with Gasteiger partial charge in [0.2, 0.25) is 5.95 Å². The highest BCUT2D eigenvalue weighted by Gasteiger charge is 2.40. The minimum absolute atomic E-state index is 0.305. The van der Waals surface area contributed by atoms with Crippen LogP contribution >= 0.6 is 0 Å². The summed E-state index contributed by atoms with van der Waals surface area (Å²) in [7, 11) is 0. The van der Waals surface area contributed by atoms with Gasteiger partial charge in [0.1, 0.15) is 0 Å². The molecule has 0 fully saturated rings. The van der Waals surface area contributed by atoms with Crippen LogP contribution in [0.15, 0.2) is 0 Å². The van der Waals surface area contributed by atoms with Gasteiger partial charge >= 0.3 is 0 Å². The van der Waals surface area contributed by atoms with Crippen LogP contribution in [0, 0.1) is 0 Å². The lowest BCUT2D eigenvalue weighted by molar-refractivity contribution is 0.446. The summed E-state index contributed by atoms with van der Waals surface area (Å²) in [5, 5.41) is 3.40. The molecule has 0 saturated heterocycles. The topological polar surface area (TPSA) is 29.9 Å². The smallest absolute Gasteiger partial charge is 0.203 e. The van der Waals surface area contributed by atoms with Gasteiger partial charge in [-0.05, 0) is 12.8 Å². The molecule has 1 aliphatic heterocycles. The quantitative estimate of drug-likeness (QED) is 0.705. The van der Waals surface area contributed by atoms with Gasteiger partial charge in [-0.15, -0.1) is 0 Å². The van der Waals surface area contributed by atoms with Crippen molar-refractivity contribution in [3.05, 3.63) is 11.4 Å². The number of imidazole rings is 1. The van der Waals surface area contributed by atoms with Crippen molar-refractivity contribution < 1.29 is 0 Å². The Kier molecular flexibility index (Phi) is 1.71. The van der Waals surface area contributed by atoms with Crippen LogP contribution < -0.4 is 5.32 Å². The molecular formula is C12H19N3. The maximum Gasteiger partial charge on any atom is 0.203 e. The molecule has 82 valence electrons. The predicted octanol–water partition coefficient (Wildman–Crippen LogP) is 2.48. The van der Waals surface area contributed by atoms with Gasteiger partial charge in [0.05, 0.1) is 5.69 Å². The fourth-order valence-electron chi connectivity index (χ4n) is 3.28. The van der Waals surface area contributed by atoms with E-state index in [-0.39, 0.29) is 0 Å². The monoisotopic (exact) mass is 205 g/mol. The van der Waals surface area contributed by atoms with Crippen molar-refractivity contribution in [1.29, 1.82) is 0 Å². The number of rotatable bonds is 0. The Hall–Kier alpha value is -0.990. The molecule has 1 N–H and O–H groups in total. The average molecular weight is 205 g/mol. The molecule has 0 spiro atoms. The summed E-state index contributed by atoms with van der Waals surface area (Å²) in [5.41, 5.74) is 3.13. The Morgan fingerprint density at radius 1 is 1.47 bits per heavy atom. The second-order valence-electron chi connectivity index (χ2n) is 5.59. The number of nitrogens with one attached hydrogen (secondary N) is 1. The lowest BCUT2D eigenvalue weighted by Crippen LogP contribution is -2.24. The van der Waals surface area contributed by atoms with Gasteiger partial charge in [0, 0.05) is 30.1 Å². The molecule has 2 heterocycles. The normalized spacial score (nSPS) is 27.0. The number of anilines is 1. The van der Waals surface area contributed by atoms with Crippen molar-refractivity contribution in [1.82, 2.24) is 9.55 Å². The maximum absolute atomic E-state index is 4.76. The van der Waals surface area contributed by atoms with E-state index in [9.17, 15) is 0 Å². The van der Waals surface area contributed by atoms with Crippen molar-refractivity contribution in [3.63, 3.8) is 0 Å². The molecule has 3 heteroatoms. The Morgan fingerprint density at radius 3 is 3.07 bits per heavy atom. The number of hydrogen-bond acceptors (Lipinski definition) is 2. The fraction of sp³-hybridized carbons (Fsp3) is 0.750. The van der Waals surface area contributed by atoms with Gasteiger partial charge in [-0.1, -0.05) is 20.8 Å². The first-order chi connectivity index (χ1) is 7.09. The molecule has 1 atom stereocenters. The van der Waals surface area contributed by atoms with Crippen LogP contribution in [0.1, 0.15) is 50.9 Å². The summed E-state index contributed by atoms with van der Waals surface area (Å²) in [6, 6.07) is 0. The lowest BCUT2D eigenvalue weighted by atomic mass is 9.89. The molecule has 0 saturated carbocycles. The van der Waals surface area contributed by atoms with Crippen LogP contribution in [-0.4, -0.2) is 16.1 Å². The van der Waals surface area contributed by atoms with Gasteiger partial charge in [0.25, 0.3) is 0 Å². The summed E-state index contributed by atoms with van der Waals surface area (Å²) < 4.78 is 2.41. The Bertz CT molecular complexity index is 403.